The molecule has 70 valence electrons. The summed E-state index contributed by atoms with van der Waals surface area (Å²) in [5, 5.41) is 3.88. The van der Waals surface area contributed by atoms with Crippen LogP contribution in [0.5, 0.6) is 0 Å². The van der Waals surface area contributed by atoms with Gasteiger partial charge in [-0.1, -0.05) is 0 Å². The van der Waals surface area contributed by atoms with E-state index in [-0.39, 0.29) is 0 Å². The highest BCUT2D eigenvalue weighted by Gasteiger charge is 1.93. The summed E-state index contributed by atoms with van der Waals surface area (Å²) in [4.78, 5) is 0. The van der Waals surface area contributed by atoms with E-state index < -0.39 is 26.3 Å². The molecule has 0 saturated heterocycles. The average Bonchev–Trinajstić information content (AvgIpc) is 1.59. The van der Waals surface area contributed by atoms with E-state index in [1.54, 1.807) is 0 Å². The Morgan fingerprint density at radius 1 is 1.09 bits per heavy atom. The van der Waals surface area contributed by atoms with Crippen LogP contribution < -0.4 is 10.9 Å². The molecule has 10 heteroatoms. The summed E-state index contributed by atoms with van der Waals surface area (Å²) in [6.07, 6.45) is 0. The van der Waals surface area contributed by atoms with Gasteiger partial charge in [0.05, 0.1) is 0 Å². The highest BCUT2D eigenvalue weighted by Crippen LogP contribution is 1.67. The second-order valence-electron chi connectivity index (χ2n) is 1.26. The standard InChI is InChI=1S/CH5NO3S.H3NO3S/c2-1-6(3,4)5;1-5(2,3)4/h1-2H2,(H,3,4,5);(H3,1,2,3,4). The van der Waals surface area contributed by atoms with E-state index in [2.05, 4.69) is 10.9 Å². The van der Waals surface area contributed by atoms with Crippen LogP contribution in [0.15, 0.2) is 0 Å². The van der Waals surface area contributed by atoms with Crippen molar-refractivity contribution in [3.63, 3.8) is 0 Å². The fourth-order valence-corrected chi connectivity index (χ4v) is 0. The molecular formula is CH8N2O6S2. The fourth-order valence-electron chi connectivity index (χ4n) is 0. The zero-order chi connectivity index (χ0) is 9.71. The largest absolute Gasteiger partial charge is 0.330 e. The van der Waals surface area contributed by atoms with Gasteiger partial charge in [0.1, 0.15) is 5.88 Å². The predicted molar refractivity (Wildman–Crippen MR) is 36.3 cm³/mol. The van der Waals surface area contributed by atoms with E-state index in [0.29, 0.717) is 0 Å². The molecule has 0 aromatic heterocycles. The highest BCUT2D eigenvalue weighted by molar-refractivity contribution is 7.85. The maximum atomic E-state index is 9.43. The van der Waals surface area contributed by atoms with Crippen LogP contribution in [-0.4, -0.2) is 31.8 Å². The van der Waals surface area contributed by atoms with E-state index >= 15 is 0 Å². The Morgan fingerprint density at radius 3 is 1.18 bits per heavy atom. The molecule has 0 aliphatic rings. The van der Waals surface area contributed by atoms with E-state index in [1.807, 2.05) is 0 Å². The molecule has 0 aliphatic heterocycles. The van der Waals surface area contributed by atoms with Crippen LogP contribution >= 0.6 is 0 Å². The summed E-state index contributed by atoms with van der Waals surface area (Å²) in [5.74, 6) is -0.701. The molecule has 0 radical (unpaired) electrons. The van der Waals surface area contributed by atoms with E-state index in [0.717, 1.165) is 0 Å². The summed E-state index contributed by atoms with van der Waals surface area (Å²) < 4.78 is 51.7. The van der Waals surface area contributed by atoms with Crippen molar-refractivity contribution < 1.29 is 25.9 Å². The lowest BCUT2D eigenvalue weighted by atomic mass is 11.6. The van der Waals surface area contributed by atoms with Gasteiger partial charge in [0.25, 0.3) is 10.1 Å². The zero-order valence-corrected chi connectivity index (χ0v) is 6.84. The topological polar surface area (TPSA) is 161 Å². The lowest BCUT2D eigenvalue weighted by molar-refractivity contribution is 0.482. The summed E-state index contributed by atoms with van der Waals surface area (Å²) in [7, 11) is -8.05. The third-order valence-corrected chi connectivity index (χ3v) is 0.632. The second kappa shape index (κ2) is 4.58. The monoisotopic (exact) mass is 208 g/mol. The van der Waals surface area contributed by atoms with Gasteiger partial charge in [-0.25, -0.2) is 5.14 Å². The van der Waals surface area contributed by atoms with Crippen LogP contribution in [0.25, 0.3) is 0 Å². The molecule has 0 rings (SSSR count). The van der Waals surface area contributed by atoms with Gasteiger partial charge in [0.15, 0.2) is 0 Å². The first-order chi connectivity index (χ1) is 4.56. The number of hydrogen-bond donors (Lipinski definition) is 4. The summed E-state index contributed by atoms with van der Waals surface area (Å²) in [5.41, 5.74) is 4.47. The van der Waals surface area contributed by atoms with Crippen molar-refractivity contribution in [3.8, 4) is 0 Å². The molecule has 8 nitrogen and oxygen atoms in total. The summed E-state index contributed by atoms with van der Waals surface area (Å²) in [6.45, 7) is 0. The minimum absolute atomic E-state index is 0.701. The van der Waals surface area contributed by atoms with Gasteiger partial charge in [-0.2, -0.15) is 16.8 Å². The number of rotatable bonds is 1. The van der Waals surface area contributed by atoms with Crippen LogP contribution in [0, 0.1) is 0 Å². The van der Waals surface area contributed by atoms with Crippen LogP contribution in [0.4, 0.5) is 0 Å². The SMILES string of the molecule is NCS(=O)(=O)O.NS(=O)(=O)O. The van der Waals surface area contributed by atoms with E-state index in [1.165, 1.54) is 0 Å². The van der Waals surface area contributed by atoms with Crippen LogP contribution in [0.2, 0.25) is 0 Å². The molecule has 0 unspecified atom stereocenters. The molecule has 0 atom stereocenters. The maximum absolute atomic E-state index is 9.43. The Bertz CT molecular complexity index is 266. The van der Waals surface area contributed by atoms with Crippen molar-refractivity contribution in [2.45, 2.75) is 0 Å². The van der Waals surface area contributed by atoms with Crippen LogP contribution in [0.1, 0.15) is 0 Å². The average molecular weight is 208 g/mol. The maximum Gasteiger partial charge on any atom is 0.330 e. The van der Waals surface area contributed by atoms with Crippen molar-refractivity contribution in [1.82, 2.24) is 0 Å². The number of nitrogens with two attached hydrogens (primary N) is 2. The van der Waals surface area contributed by atoms with Gasteiger partial charge < -0.3 is 5.73 Å². The van der Waals surface area contributed by atoms with Gasteiger partial charge in [-0.3, -0.25) is 9.11 Å². The van der Waals surface area contributed by atoms with E-state index in [9.17, 15) is 8.42 Å². The van der Waals surface area contributed by atoms with Gasteiger partial charge in [0.2, 0.25) is 0 Å². The molecule has 0 bridgehead atoms. The van der Waals surface area contributed by atoms with Gasteiger partial charge in [-0.05, 0) is 0 Å². The molecule has 0 fully saturated rings. The third-order valence-electron chi connectivity index (χ3n) is 0.211. The molecule has 0 aliphatic carbocycles. The summed E-state index contributed by atoms with van der Waals surface area (Å²) in [6, 6.07) is 0. The molecule has 0 spiro atoms. The Labute approximate surface area is 63.8 Å². The van der Waals surface area contributed by atoms with Gasteiger partial charge >= 0.3 is 10.3 Å². The molecule has 11 heavy (non-hydrogen) atoms. The normalized spacial score (nSPS) is 11.6. The Balaban J connectivity index is 0. The highest BCUT2D eigenvalue weighted by atomic mass is 32.2. The predicted octanol–water partition coefficient (Wildman–Crippen LogP) is -2.46. The summed E-state index contributed by atoms with van der Waals surface area (Å²) >= 11 is 0. The molecule has 6 N–H and O–H groups in total. The zero-order valence-electron chi connectivity index (χ0n) is 5.21. The lowest BCUT2D eigenvalue weighted by Gasteiger charge is -1.80. The lowest BCUT2D eigenvalue weighted by Crippen LogP contribution is -2.11. The molecule has 0 aromatic rings. The smallest absolute Gasteiger partial charge is 0.316 e. The second-order valence-corrected chi connectivity index (χ2v) is 3.79. The van der Waals surface area contributed by atoms with E-state index in [4.69, 9.17) is 17.5 Å². The van der Waals surface area contributed by atoms with Crippen molar-refractivity contribution in [2.75, 3.05) is 5.88 Å². The molecule has 0 amide bonds. The quantitative estimate of drug-likeness (QED) is 0.347. The molecule has 0 saturated carbocycles. The number of hydrogen-bond acceptors (Lipinski definition) is 5. The Hall–Kier alpha value is -0.260. The van der Waals surface area contributed by atoms with Crippen molar-refractivity contribution >= 4 is 20.4 Å². The first-order valence-electron chi connectivity index (χ1n) is 1.96. The van der Waals surface area contributed by atoms with Crippen LogP contribution in [-0.2, 0) is 20.4 Å². The molecule has 0 heterocycles. The fraction of sp³-hybridized carbons (Fsp3) is 1.00. The minimum atomic E-state index is -4.17. The Morgan fingerprint density at radius 2 is 1.18 bits per heavy atom. The van der Waals surface area contributed by atoms with Crippen LogP contribution in [0.3, 0.4) is 0 Å². The third kappa shape index (κ3) is 77.7. The first-order valence-corrected chi connectivity index (χ1v) is 5.08. The first kappa shape index (κ1) is 13.3. The minimum Gasteiger partial charge on any atom is -0.316 e. The van der Waals surface area contributed by atoms with Crippen molar-refractivity contribution in [2.24, 2.45) is 10.9 Å². The van der Waals surface area contributed by atoms with Gasteiger partial charge in [-0.15, -0.1) is 0 Å². The van der Waals surface area contributed by atoms with Crippen molar-refractivity contribution in [3.05, 3.63) is 0 Å². The van der Waals surface area contributed by atoms with Gasteiger partial charge in [0, 0.05) is 0 Å². The van der Waals surface area contributed by atoms with Crippen molar-refractivity contribution in [1.29, 1.82) is 0 Å². The molecule has 0 aromatic carbocycles. The molecular weight excluding hydrogens is 200 g/mol. The Kier molecular flexibility index (Phi) is 5.56.